The van der Waals surface area contributed by atoms with Crippen molar-refractivity contribution in [3.63, 3.8) is 0 Å². The van der Waals surface area contributed by atoms with Crippen LogP contribution in [0.15, 0.2) is 26.5 Å². The fourth-order valence-electron chi connectivity index (χ4n) is 3.55. The van der Waals surface area contributed by atoms with Crippen molar-refractivity contribution in [1.29, 1.82) is 0 Å². The minimum Gasteiger partial charge on any atom is -0.449 e. The number of tetrazole rings is 1. The summed E-state index contributed by atoms with van der Waals surface area (Å²) in [6, 6.07) is -1.03. The Morgan fingerprint density at radius 1 is 1.29 bits per heavy atom. The second-order valence-corrected chi connectivity index (χ2v) is 13.2. The number of thioether (sulfide) groups is 2. The monoisotopic (exact) mass is 664 g/mol. The molecule has 20 heteroatoms. The van der Waals surface area contributed by atoms with Gasteiger partial charge in [-0.15, -0.1) is 28.2 Å². The Labute approximate surface area is 255 Å². The molecule has 0 aromatic carbocycles. The van der Waals surface area contributed by atoms with E-state index in [2.05, 4.69) is 31.1 Å². The zero-order valence-electron chi connectivity index (χ0n) is 21.7. The summed E-state index contributed by atoms with van der Waals surface area (Å²) in [4.78, 5) is 55.1. The number of fused-ring (bicyclic) bond motifs is 1. The van der Waals surface area contributed by atoms with Crippen LogP contribution in [-0.2, 0) is 26.1 Å². The Balaban J connectivity index is 1.46. The van der Waals surface area contributed by atoms with Gasteiger partial charge in [0, 0.05) is 29.5 Å². The second-order valence-electron chi connectivity index (χ2n) is 9.31. The number of nitrogens with zero attached hydrogens (tertiary/aromatic N) is 6. The average molecular weight is 666 g/mol. The largest absolute Gasteiger partial charge is 0.512 e. The number of halogens is 2. The first-order valence-corrected chi connectivity index (χ1v) is 15.2. The molecule has 1 unspecified atom stereocenters. The molecule has 2 aromatic rings. The third-order valence-electron chi connectivity index (χ3n) is 5.20. The number of aryl methyl sites for hydroxylation is 1. The van der Waals surface area contributed by atoms with Crippen LogP contribution in [-0.4, -0.2) is 87.8 Å². The van der Waals surface area contributed by atoms with Crippen molar-refractivity contribution in [2.24, 2.45) is 7.05 Å². The van der Waals surface area contributed by atoms with Crippen molar-refractivity contribution in [3.8, 4) is 0 Å². The van der Waals surface area contributed by atoms with Gasteiger partial charge in [0.05, 0.1) is 11.3 Å². The van der Waals surface area contributed by atoms with Crippen molar-refractivity contribution in [3.05, 3.63) is 27.0 Å². The molecule has 220 valence electrons. The quantitative estimate of drug-likeness (QED) is 0.161. The van der Waals surface area contributed by atoms with Crippen molar-refractivity contribution in [2.45, 2.75) is 42.9 Å². The zero-order chi connectivity index (χ0) is 30.1. The maximum atomic E-state index is 13.2. The second kappa shape index (κ2) is 12.4. The molecule has 41 heavy (non-hydrogen) atoms. The molecule has 1 fully saturated rings. The van der Waals surface area contributed by atoms with Gasteiger partial charge in [0.2, 0.25) is 11.0 Å². The molecule has 3 N–H and O–H groups in total. The number of ether oxygens (including phenoxy) is 2. The van der Waals surface area contributed by atoms with E-state index in [-0.39, 0.29) is 28.0 Å². The van der Waals surface area contributed by atoms with Crippen LogP contribution < -0.4 is 10.6 Å². The van der Waals surface area contributed by atoms with Crippen molar-refractivity contribution in [1.82, 2.24) is 35.4 Å². The first-order chi connectivity index (χ1) is 19.2. The number of anilines is 1. The lowest BCUT2D eigenvalue weighted by Gasteiger charge is -2.49. The van der Waals surface area contributed by atoms with E-state index in [1.165, 1.54) is 38.5 Å². The van der Waals surface area contributed by atoms with Crippen LogP contribution in [0, 0.1) is 0 Å². The molecule has 2 aliphatic rings. The van der Waals surface area contributed by atoms with Gasteiger partial charge in [-0.1, -0.05) is 35.0 Å². The number of thiazole rings is 1. The first-order valence-electron chi connectivity index (χ1n) is 11.5. The SMILES string of the molecule is Cn1nnnc1SCC1=C(OC(=O)O)N2C(=O)C(NC(=O)C(=C(Cl)Cl)c3csc(NC(=O)OC(C)(C)C)n3)[C@@H]2SC1. The summed E-state index contributed by atoms with van der Waals surface area (Å²) in [5.74, 6) is -0.936. The molecule has 1 saturated heterocycles. The number of hydrogen-bond acceptors (Lipinski definition) is 13. The molecule has 15 nitrogen and oxygen atoms in total. The van der Waals surface area contributed by atoms with Gasteiger partial charge in [0.1, 0.15) is 21.5 Å². The van der Waals surface area contributed by atoms with Gasteiger partial charge in [-0.25, -0.2) is 19.3 Å². The van der Waals surface area contributed by atoms with E-state index in [1.54, 1.807) is 27.8 Å². The smallest absolute Gasteiger partial charge is 0.449 e. The predicted octanol–water partition coefficient (Wildman–Crippen LogP) is 3.26. The Bertz CT molecular complexity index is 1450. The van der Waals surface area contributed by atoms with Gasteiger partial charge < -0.3 is 19.9 Å². The van der Waals surface area contributed by atoms with E-state index in [9.17, 15) is 24.3 Å². The lowest BCUT2D eigenvalue weighted by molar-refractivity contribution is -0.148. The summed E-state index contributed by atoms with van der Waals surface area (Å²) >= 11 is 15.6. The molecule has 0 saturated carbocycles. The average Bonchev–Trinajstić information content (AvgIpc) is 3.48. The maximum absolute atomic E-state index is 13.2. The minimum atomic E-state index is -1.59. The fourth-order valence-corrected chi connectivity index (χ4v) is 6.90. The number of aromatic nitrogens is 5. The topological polar surface area (TPSA) is 191 Å². The maximum Gasteiger partial charge on any atom is 0.512 e. The van der Waals surface area contributed by atoms with Crippen molar-refractivity contribution < 1.29 is 33.8 Å². The van der Waals surface area contributed by atoms with E-state index < -0.39 is 45.6 Å². The summed E-state index contributed by atoms with van der Waals surface area (Å²) in [6.45, 7) is 5.11. The Hall–Kier alpha value is -3.06. The van der Waals surface area contributed by atoms with Gasteiger partial charge in [-0.05, 0) is 31.2 Å². The standard InChI is InChI=1S/C21H22Cl2N8O7S3/c1-21(2,3)38-19(34)26-17-24-9(7-40-17)10(12(22)23)13(32)25-11-14(33)31-15(37-20(35)36)8(5-39-16(11)31)6-41-18-27-28-29-30(18)4/h7,11,16H,5-6H2,1-4H3,(H,25,32)(H,35,36)(H,24,26,34)/t11?,16-/m0/s1. The Morgan fingerprint density at radius 2 is 2.02 bits per heavy atom. The summed E-state index contributed by atoms with van der Waals surface area (Å²) in [7, 11) is 1.66. The molecule has 0 spiro atoms. The number of β-lactam (4-membered cyclic amide) rings is 1. The highest BCUT2D eigenvalue weighted by molar-refractivity contribution is 8.01. The van der Waals surface area contributed by atoms with Gasteiger partial charge >= 0.3 is 12.2 Å². The van der Waals surface area contributed by atoms with Crippen LogP contribution >= 0.6 is 58.1 Å². The Morgan fingerprint density at radius 3 is 2.63 bits per heavy atom. The summed E-state index contributed by atoms with van der Waals surface area (Å²) in [6.07, 6.45) is -2.33. The van der Waals surface area contributed by atoms with Gasteiger partial charge in [0.15, 0.2) is 5.13 Å². The number of nitrogens with one attached hydrogen (secondary N) is 2. The normalized spacial score (nSPS) is 18.3. The third kappa shape index (κ3) is 7.24. The number of carboxylic acid groups (broad SMARTS) is 1. The molecule has 0 bridgehead atoms. The summed E-state index contributed by atoms with van der Waals surface area (Å²) < 4.78 is 11.2. The lowest BCUT2D eigenvalue weighted by atomic mass is 10.1. The highest BCUT2D eigenvalue weighted by atomic mass is 35.5. The first kappa shape index (κ1) is 30.9. The predicted molar refractivity (Wildman–Crippen MR) is 151 cm³/mol. The van der Waals surface area contributed by atoms with Crippen LogP contribution in [0.5, 0.6) is 0 Å². The van der Waals surface area contributed by atoms with E-state index in [4.69, 9.17) is 32.7 Å². The highest BCUT2D eigenvalue weighted by Crippen LogP contribution is 2.42. The number of carbonyl (C=O) groups excluding carboxylic acids is 3. The summed E-state index contributed by atoms with van der Waals surface area (Å²) in [5.41, 5.74) is -0.351. The molecule has 2 aromatic heterocycles. The molecule has 2 atom stereocenters. The molecule has 3 amide bonds. The molecule has 2 aliphatic heterocycles. The number of rotatable bonds is 8. The molecule has 4 rings (SSSR count). The van der Waals surface area contributed by atoms with E-state index in [0.717, 1.165) is 11.3 Å². The van der Waals surface area contributed by atoms with Crippen LogP contribution in [0.1, 0.15) is 26.5 Å². The zero-order valence-corrected chi connectivity index (χ0v) is 25.7. The number of hydrogen-bond donors (Lipinski definition) is 3. The van der Waals surface area contributed by atoms with Crippen molar-refractivity contribution in [2.75, 3.05) is 16.8 Å². The minimum absolute atomic E-state index is 0.0610. The third-order valence-corrected chi connectivity index (χ3v) is 8.78. The summed E-state index contributed by atoms with van der Waals surface area (Å²) in [5, 5.41) is 26.9. The van der Waals surface area contributed by atoms with Gasteiger partial charge in [-0.2, -0.15) is 0 Å². The van der Waals surface area contributed by atoms with E-state index in [0.29, 0.717) is 16.5 Å². The highest BCUT2D eigenvalue weighted by Gasteiger charge is 2.54. The van der Waals surface area contributed by atoms with Gasteiger partial charge in [-0.3, -0.25) is 19.8 Å². The Kier molecular flexibility index (Phi) is 9.37. The van der Waals surface area contributed by atoms with Crippen LogP contribution in [0.25, 0.3) is 5.57 Å². The fraction of sp³-hybridized carbons (Fsp3) is 0.429. The van der Waals surface area contributed by atoms with Crippen LogP contribution in [0.3, 0.4) is 0 Å². The molecular weight excluding hydrogens is 643 g/mol. The molecular formula is C21H22Cl2N8O7S3. The van der Waals surface area contributed by atoms with E-state index in [1.807, 2.05) is 0 Å². The van der Waals surface area contributed by atoms with Crippen molar-refractivity contribution >= 4 is 92.8 Å². The molecule has 0 radical (unpaired) electrons. The van der Waals surface area contributed by atoms with Gasteiger partial charge in [0.25, 0.3) is 11.8 Å². The number of carbonyl (C=O) groups is 4. The number of amides is 3. The van der Waals surface area contributed by atoms with E-state index >= 15 is 0 Å². The molecule has 4 heterocycles. The van der Waals surface area contributed by atoms with Crippen LogP contribution in [0.4, 0.5) is 14.7 Å². The lowest BCUT2D eigenvalue weighted by Crippen LogP contribution is -2.70. The van der Waals surface area contributed by atoms with Crippen LogP contribution in [0.2, 0.25) is 0 Å². The molecule has 0 aliphatic carbocycles.